The highest BCUT2D eigenvalue weighted by Crippen LogP contribution is 2.68. The summed E-state index contributed by atoms with van der Waals surface area (Å²) >= 11 is 0. The van der Waals surface area contributed by atoms with E-state index in [9.17, 15) is 5.11 Å². The molecule has 0 aromatic heterocycles. The van der Waals surface area contributed by atoms with Gasteiger partial charge in [-0.05, 0) is 86.9 Å². The quantitative estimate of drug-likeness (QED) is 0.679. The van der Waals surface area contributed by atoms with Gasteiger partial charge in [0.1, 0.15) is 5.76 Å². The highest BCUT2D eigenvalue weighted by Gasteiger charge is 2.63. The average molecular weight is 358 g/mol. The number of hydrogen-bond donors (Lipinski definition) is 1. The maximum Gasteiger partial charge on any atom is 0.117 e. The molecule has 1 N–H and O–H groups in total. The molecule has 0 bridgehead atoms. The molecule has 144 valence electrons. The summed E-state index contributed by atoms with van der Waals surface area (Å²) in [4.78, 5) is 2.52. The average Bonchev–Trinajstić information content (AvgIpc) is 3.02. The summed E-state index contributed by atoms with van der Waals surface area (Å²) in [7, 11) is 0. The van der Waals surface area contributed by atoms with E-state index in [0.717, 1.165) is 43.0 Å². The molecule has 2 aliphatic heterocycles. The van der Waals surface area contributed by atoms with Crippen LogP contribution in [0.25, 0.3) is 0 Å². The standard InChI is InChI=1S/C23H35NO2/c1-22-8-7-16-15(6-5-14-11-19-20(26-19)13-23(14,16)2)17(22)12-18(21(22)25)24-9-3-4-10-24/h14-17,19-20,25H,3-13H2,1-2H3/t14-,15+,16-,17-,19-,20+,22-,23-/m0/s1. The van der Waals surface area contributed by atoms with Crippen LogP contribution in [0.4, 0.5) is 0 Å². The number of likely N-dealkylation sites (tertiary alicyclic amines) is 1. The van der Waals surface area contributed by atoms with Crippen LogP contribution in [0, 0.1) is 34.5 Å². The number of aliphatic hydroxyl groups is 1. The number of hydrogen-bond acceptors (Lipinski definition) is 3. The van der Waals surface area contributed by atoms with Crippen molar-refractivity contribution in [1.82, 2.24) is 4.90 Å². The molecule has 2 heterocycles. The zero-order valence-electron chi connectivity index (χ0n) is 16.5. The van der Waals surface area contributed by atoms with E-state index in [1.54, 1.807) is 0 Å². The predicted octanol–water partition coefficient (Wildman–Crippen LogP) is 4.88. The van der Waals surface area contributed by atoms with Gasteiger partial charge in [-0.1, -0.05) is 13.8 Å². The molecule has 8 atom stereocenters. The SMILES string of the molecule is C[C@]12C[C@H]3O[C@H]3C[C@@H]1CC[C@@H]1[C@@H]2CC[C@]2(C)C(O)=C(N3CCCC3)C[C@@H]12. The Bertz CT molecular complexity index is 653. The van der Waals surface area contributed by atoms with Crippen molar-refractivity contribution in [3.05, 3.63) is 11.5 Å². The molecule has 2 saturated heterocycles. The Hall–Kier alpha value is -0.700. The van der Waals surface area contributed by atoms with Crippen molar-refractivity contribution < 1.29 is 9.84 Å². The van der Waals surface area contributed by atoms with Crippen LogP contribution in [0.1, 0.15) is 71.6 Å². The molecule has 5 fully saturated rings. The van der Waals surface area contributed by atoms with E-state index < -0.39 is 0 Å². The van der Waals surface area contributed by atoms with E-state index in [0.29, 0.717) is 23.5 Å². The Balaban J connectivity index is 1.31. The van der Waals surface area contributed by atoms with Crippen molar-refractivity contribution in [2.45, 2.75) is 83.8 Å². The van der Waals surface area contributed by atoms with E-state index in [-0.39, 0.29) is 5.41 Å². The number of aliphatic hydroxyl groups excluding tert-OH is 1. The van der Waals surface area contributed by atoms with Gasteiger partial charge >= 0.3 is 0 Å². The lowest BCUT2D eigenvalue weighted by Crippen LogP contribution is -2.53. The van der Waals surface area contributed by atoms with Crippen molar-refractivity contribution in [2.24, 2.45) is 34.5 Å². The van der Waals surface area contributed by atoms with Crippen LogP contribution < -0.4 is 0 Å². The fourth-order valence-corrected chi connectivity index (χ4v) is 8.41. The topological polar surface area (TPSA) is 36.0 Å². The number of rotatable bonds is 1. The Morgan fingerprint density at radius 3 is 2.65 bits per heavy atom. The fourth-order valence-electron chi connectivity index (χ4n) is 8.41. The van der Waals surface area contributed by atoms with Crippen LogP contribution in [-0.4, -0.2) is 35.3 Å². The lowest BCUT2D eigenvalue weighted by Gasteiger charge is -2.59. The molecule has 0 unspecified atom stereocenters. The predicted molar refractivity (Wildman–Crippen MR) is 102 cm³/mol. The normalized spacial score (nSPS) is 55.2. The molecule has 0 amide bonds. The zero-order chi connectivity index (χ0) is 17.7. The van der Waals surface area contributed by atoms with Crippen molar-refractivity contribution in [3.8, 4) is 0 Å². The minimum absolute atomic E-state index is 0.0512. The monoisotopic (exact) mass is 357 g/mol. The van der Waals surface area contributed by atoms with Gasteiger partial charge in [-0.3, -0.25) is 0 Å². The minimum Gasteiger partial charge on any atom is -0.510 e. The highest BCUT2D eigenvalue weighted by molar-refractivity contribution is 5.27. The number of epoxide rings is 1. The molecule has 26 heavy (non-hydrogen) atoms. The van der Waals surface area contributed by atoms with Crippen LogP contribution >= 0.6 is 0 Å². The van der Waals surface area contributed by atoms with Crippen LogP contribution in [0.2, 0.25) is 0 Å². The molecule has 0 radical (unpaired) electrons. The van der Waals surface area contributed by atoms with Crippen molar-refractivity contribution >= 4 is 0 Å². The van der Waals surface area contributed by atoms with Gasteiger partial charge < -0.3 is 14.7 Å². The van der Waals surface area contributed by atoms with Gasteiger partial charge in [0.05, 0.1) is 17.9 Å². The van der Waals surface area contributed by atoms with Crippen LogP contribution in [-0.2, 0) is 4.74 Å². The number of ether oxygens (including phenoxy) is 1. The third-order valence-electron chi connectivity index (χ3n) is 10.0. The van der Waals surface area contributed by atoms with Crippen LogP contribution in [0.3, 0.4) is 0 Å². The Morgan fingerprint density at radius 2 is 1.85 bits per heavy atom. The Morgan fingerprint density at radius 1 is 1.04 bits per heavy atom. The number of nitrogens with zero attached hydrogens (tertiary/aromatic N) is 1. The molecule has 3 heteroatoms. The first-order valence-corrected chi connectivity index (χ1v) is 11.3. The maximum atomic E-state index is 11.3. The van der Waals surface area contributed by atoms with Crippen molar-refractivity contribution in [2.75, 3.05) is 13.1 Å². The molecule has 0 spiro atoms. The summed E-state index contributed by atoms with van der Waals surface area (Å²) < 4.78 is 5.97. The van der Waals surface area contributed by atoms with Crippen LogP contribution in [0.5, 0.6) is 0 Å². The second-order valence-electron chi connectivity index (χ2n) is 11.0. The van der Waals surface area contributed by atoms with Gasteiger partial charge in [0.15, 0.2) is 0 Å². The number of fused-ring (bicyclic) bond motifs is 6. The first-order chi connectivity index (χ1) is 12.5. The summed E-state index contributed by atoms with van der Waals surface area (Å²) in [5.74, 6) is 4.01. The van der Waals surface area contributed by atoms with E-state index in [1.807, 2.05) is 0 Å². The Kier molecular flexibility index (Phi) is 3.26. The molecule has 0 aromatic carbocycles. The molecular formula is C23H35NO2. The summed E-state index contributed by atoms with van der Waals surface area (Å²) in [6, 6.07) is 0. The number of allylic oxidation sites excluding steroid dienone is 2. The third kappa shape index (κ3) is 1.99. The first kappa shape index (κ1) is 16.3. The largest absolute Gasteiger partial charge is 0.510 e. The van der Waals surface area contributed by atoms with Gasteiger partial charge in [-0.25, -0.2) is 0 Å². The lowest BCUT2D eigenvalue weighted by atomic mass is 9.45. The lowest BCUT2D eigenvalue weighted by molar-refractivity contribution is -0.0996. The second-order valence-corrected chi connectivity index (χ2v) is 11.0. The van der Waals surface area contributed by atoms with E-state index in [2.05, 4.69) is 18.7 Å². The Labute approximate surface area is 158 Å². The maximum absolute atomic E-state index is 11.3. The zero-order valence-corrected chi connectivity index (χ0v) is 16.5. The molecular weight excluding hydrogens is 322 g/mol. The van der Waals surface area contributed by atoms with Crippen molar-refractivity contribution in [1.29, 1.82) is 0 Å². The molecule has 4 aliphatic carbocycles. The molecule has 6 rings (SSSR count). The minimum atomic E-state index is 0.0512. The summed E-state index contributed by atoms with van der Waals surface area (Å²) in [5.41, 5.74) is 1.88. The highest BCUT2D eigenvalue weighted by atomic mass is 16.6. The summed E-state index contributed by atoms with van der Waals surface area (Å²) in [6.45, 7) is 7.33. The van der Waals surface area contributed by atoms with Crippen LogP contribution in [0.15, 0.2) is 11.5 Å². The van der Waals surface area contributed by atoms with Gasteiger partial charge in [0.2, 0.25) is 0 Å². The molecule has 6 aliphatic rings. The molecule has 3 nitrogen and oxygen atoms in total. The molecule has 0 aromatic rings. The third-order valence-corrected chi connectivity index (χ3v) is 10.0. The smallest absolute Gasteiger partial charge is 0.117 e. The summed E-state index contributed by atoms with van der Waals surface area (Å²) in [5, 5.41) is 11.3. The first-order valence-electron chi connectivity index (χ1n) is 11.3. The van der Waals surface area contributed by atoms with Gasteiger partial charge in [0.25, 0.3) is 0 Å². The summed E-state index contributed by atoms with van der Waals surface area (Å²) in [6.07, 6.45) is 12.9. The van der Waals surface area contributed by atoms with E-state index in [1.165, 1.54) is 57.1 Å². The molecule has 3 saturated carbocycles. The van der Waals surface area contributed by atoms with Crippen molar-refractivity contribution in [3.63, 3.8) is 0 Å². The second kappa shape index (κ2) is 5.21. The van der Waals surface area contributed by atoms with Gasteiger partial charge in [-0.15, -0.1) is 0 Å². The van der Waals surface area contributed by atoms with Gasteiger partial charge in [-0.2, -0.15) is 0 Å². The van der Waals surface area contributed by atoms with Gasteiger partial charge in [0, 0.05) is 18.5 Å². The van der Waals surface area contributed by atoms with E-state index in [4.69, 9.17) is 4.74 Å². The fraction of sp³-hybridized carbons (Fsp3) is 0.913. The van der Waals surface area contributed by atoms with E-state index >= 15 is 0 Å².